The molecule has 0 amide bonds. The lowest BCUT2D eigenvalue weighted by Gasteiger charge is -2.03. The zero-order valence-corrected chi connectivity index (χ0v) is 10.0. The largest absolute Gasteiger partial charge is 0.481 e. The smallest absolute Gasteiger partial charge is 0.337 e. The van der Waals surface area contributed by atoms with Crippen LogP contribution in [0.15, 0.2) is 24.5 Å². The molecule has 1 aromatic rings. The van der Waals surface area contributed by atoms with E-state index < -0.39 is 30.4 Å². The molecule has 1 unspecified atom stereocenters. The third-order valence-electron chi connectivity index (χ3n) is 1.75. The molecule has 3 N–H and O–H groups in total. The van der Waals surface area contributed by atoms with Gasteiger partial charge in [-0.2, -0.15) is 0 Å². The number of aromatic carboxylic acids is 1. The fraction of sp³-hybridized carbons (Fsp3) is 0.273. The predicted octanol–water partition coefficient (Wildman–Crippen LogP) is -0.225. The molecule has 0 fully saturated rings. The van der Waals surface area contributed by atoms with Crippen molar-refractivity contribution < 1.29 is 34.4 Å². The average Bonchev–Trinajstić information content (AvgIpc) is 2.38. The van der Waals surface area contributed by atoms with Crippen molar-refractivity contribution in [2.45, 2.75) is 12.5 Å². The van der Waals surface area contributed by atoms with E-state index in [1.807, 2.05) is 0 Å². The van der Waals surface area contributed by atoms with Gasteiger partial charge in [0, 0.05) is 12.4 Å². The Labute approximate surface area is 108 Å². The van der Waals surface area contributed by atoms with Crippen molar-refractivity contribution in [2.24, 2.45) is 0 Å². The van der Waals surface area contributed by atoms with Crippen molar-refractivity contribution in [1.29, 1.82) is 0 Å². The summed E-state index contributed by atoms with van der Waals surface area (Å²) >= 11 is 0. The van der Waals surface area contributed by atoms with Crippen LogP contribution < -0.4 is 0 Å². The van der Waals surface area contributed by atoms with E-state index >= 15 is 0 Å². The van der Waals surface area contributed by atoms with Crippen LogP contribution in [0.5, 0.6) is 0 Å². The maximum absolute atomic E-state index is 10.3. The Bertz CT molecular complexity index is 432. The summed E-state index contributed by atoms with van der Waals surface area (Å²) in [6.45, 7) is 0. The van der Waals surface area contributed by atoms with E-state index in [9.17, 15) is 14.4 Å². The minimum absolute atomic E-state index is 0.220. The highest BCUT2D eigenvalue weighted by Gasteiger charge is 2.18. The third kappa shape index (κ3) is 7.45. The molecule has 0 aromatic carbocycles. The van der Waals surface area contributed by atoms with Crippen LogP contribution in [-0.4, -0.2) is 51.4 Å². The number of aromatic nitrogens is 1. The van der Waals surface area contributed by atoms with Crippen molar-refractivity contribution in [3.63, 3.8) is 0 Å². The van der Waals surface area contributed by atoms with Crippen molar-refractivity contribution >= 4 is 17.9 Å². The van der Waals surface area contributed by atoms with Crippen molar-refractivity contribution in [3.05, 3.63) is 30.1 Å². The molecule has 8 heteroatoms. The summed E-state index contributed by atoms with van der Waals surface area (Å²) in [4.78, 5) is 34.0. The second-order valence-corrected chi connectivity index (χ2v) is 3.18. The van der Waals surface area contributed by atoms with Crippen LogP contribution in [0.1, 0.15) is 16.8 Å². The number of nitrogens with zero attached hydrogens (tertiary/aromatic N) is 1. The molecule has 0 aliphatic heterocycles. The van der Waals surface area contributed by atoms with Gasteiger partial charge in [-0.25, -0.2) is 9.59 Å². The van der Waals surface area contributed by atoms with Gasteiger partial charge in [0.05, 0.1) is 19.1 Å². The molecule has 104 valence electrons. The maximum atomic E-state index is 10.3. The number of hydrogen-bond donors (Lipinski definition) is 3. The summed E-state index contributed by atoms with van der Waals surface area (Å²) < 4.78 is 4.06. The number of pyridine rings is 1. The molecular weight excluding hydrogens is 258 g/mol. The van der Waals surface area contributed by atoms with Gasteiger partial charge in [0.25, 0.3) is 0 Å². The Kier molecular flexibility index (Phi) is 7.47. The molecule has 0 aliphatic carbocycles. The Hall–Kier alpha value is -2.48. The van der Waals surface area contributed by atoms with Gasteiger partial charge in [-0.1, -0.05) is 0 Å². The summed E-state index contributed by atoms with van der Waals surface area (Å²) in [7, 11) is 1.08. The van der Waals surface area contributed by atoms with E-state index in [0.29, 0.717) is 0 Å². The number of aliphatic hydroxyl groups excluding tert-OH is 1. The Morgan fingerprint density at radius 2 is 2.00 bits per heavy atom. The maximum Gasteiger partial charge on any atom is 0.337 e. The van der Waals surface area contributed by atoms with E-state index in [2.05, 4.69) is 9.72 Å². The number of carboxylic acid groups (broad SMARTS) is 2. The molecule has 0 radical (unpaired) electrons. The first-order valence-electron chi connectivity index (χ1n) is 4.99. The number of rotatable bonds is 4. The number of aliphatic hydroxyl groups is 1. The van der Waals surface area contributed by atoms with Gasteiger partial charge in [0.1, 0.15) is 0 Å². The van der Waals surface area contributed by atoms with Crippen LogP contribution in [0.2, 0.25) is 0 Å². The Morgan fingerprint density at radius 3 is 2.32 bits per heavy atom. The first-order chi connectivity index (χ1) is 8.88. The molecule has 8 nitrogen and oxygen atoms in total. The number of carbonyl (C=O) groups excluding carboxylic acids is 1. The van der Waals surface area contributed by atoms with Gasteiger partial charge < -0.3 is 20.1 Å². The second kappa shape index (κ2) is 8.59. The van der Waals surface area contributed by atoms with Gasteiger partial charge in [0.2, 0.25) is 0 Å². The van der Waals surface area contributed by atoms with Crippen LogP contribution in [-0.2, 0) is 14.3 Å². The zero-order valence-electron chi connectivity index (χ0n) is 10.0. The van der Waals surface area contributed by atoms with E-state index in [1.165, 1.54) is 18.5 Å². The molecule has 0 spiro atoms. The SMILES string of the molecule is COC(=O)C(O)CC(=O)O.O=C(O)c1cccnc1. The third-order valence-corrected chi connectivity index (χ3v) is 1.75. The molecule has 0 saturated heterocycles. The summed E-state index contributed by atoms with van der Waals surface area (Å²) in [5.74, 6) is -3.11. The lowest BCUT2D eigenvalue weighted by atomic mass is 10.3. The Balaban J connectivity index is 0.000000342. The molecule has 1 heterocycles. The average molecular weight is 271 g/mol. The fourth-order valence-electron chi connectivity index (χ4n) is 0.874. The van der Waals surface area contributed by atoms with Gasteiger partial charge >= 0.3 is 17.9 Å². The minimum atomic E-state index is -1.55. The van der Waals surface area contributed by atoms with Crippen molar-refractivity contribution in [2.75, 3.05) is 7.11 Å². The van der Waals surface area contributed by atoms with Gasteiger partial charge in [-0.3, -0.25) is 9.78 Å². The molecule has 0 bridgehead atoms. The summed E-state index contributed by atoms with van der Waals surface area (Å²) in [5, 5.41) is 25.0. The highest BCUT2D eigenvalue weighted by atomic mass is 16.5. The first-order valence-corrected chi connectivity index (χ1v) is 4.99. The zero-order chi connectivity index (χ0) is 14.8. The lowest BCUT2D eigenvalue weighted by molar-refractivity contribution is -0.155. The number of carboxylic acids is 2. The summed E-state index contributed by atoms with van der Waals surface area (Å²) in [6, 6.07) is 3.08. The van der Waals surface area contributed by atoms with E-state index in [4.69, 9.17) is 15.3 Å². The lowest BCUT2D eigenvalue weighted by Crippen LogP contribution is -2.24. The van der Waals surface area contributed by atoms with E-state index in [0.717, 1.165) is 7.11 Å². The standard InChI is InChI=1S/C6H5NO2.C5H8O5/c8-6(9)5-2-1-3-7-4-5;1-10-5(9)3(6)2-4(7)8/h1-4H,(H,8,9);3,6H,2H2,1H3,(H,7,8). The molecule has 19 heavy (non-hydrogen) atoms. The summed E-state index contributed by atoms with van der Waals surface area (Å²) in [5.41, 5.74) is 0.220. The first kappa shape index (κ1) is 16.5. The quantitative estimate of drug-likeness (QED) is 0.639. The Morgan fingerprint density at radius 1 is 1.37 bits per heavy atom. The van der Waals surface area contributed by atoms with Gasteiger partial charge in [-0.05, 0) is 12.1 Å². The molecule has 1 rings (SSSR count). The monoisotopic (exact) mass is 271 g/mol. The predicted molar refractivity (Wildman–Crippen MR) is 61.5 cm³/mol. The topological polar surface area (TPSA) is 134 Å². The summed E-state index contributed by atoms with van der Waals surface area (Å²) in [6.07, 6.45) is 0.670. The van der Waals surface area contributed by atoms with E-state index in [-0.39, 0.29) is 5.56 Å². The number of carbonyl (C=O) groups is 3. The van der Waals surface area contributed by atoms with Crippen LogP contribution in [0.3, 0.4) is 0 Å². The van der Waals surface area contributed by atoms with E-state index in [1.54, 1.807) is 6.07 Å². The molecular formula is C11H13NO7. The second-order valence-electron chi connectivity index (χ2n) is 3.18. The van der Waals surface area contributed by atoms with Crippen LogP contribution in [0, 0.1) is 0 Å². The normalized spacial score (nSPS) is 10.6. The number of esters is 1. The van der Waals surface area contributed by atoms with Crippen LogP contribution in [0.4, 0.5) is 0 Å². The fourth-order valence-corrected chi connectivity index (χ4v) is 0.874. The van der Waals surface area contributed by atoms with Gasteiger partial charge in [0.15, 0.2) is 6.10 Å². The van der Waals surface area contributed by atoms with Crippen molar-refractivity contribution in [1.82, 2.24) is 4.98 Å². The highest BCUT2D eigenvalue weighted by molar-refractivity contribution is 5.86. The highest BCUT2D eigenvalue weighted by Crippen LogP contribution is 1.93. The van der Waals surface area contributed by atoms with Gasteiger partial charge in [-0.15, -0.1) is 0 Å². The number of aliphatic carboxylic acids is 1. The van der Waals surface area contributed by atoms with Crippen LogP contribution in [0.25, 0.3) is 0 Å². The molecule has 0 aliphatic rings. The number of ether oxygens (including phenoxy) is 1. The number of hydrogen-bond acceptors (Lipinski definition) is 6. The molecule has 1 aromatic heterocycles. The molecule has 1 atom stereocenters. The minimum Gasteiger partial charge on any atom is -0.481 e. The molecule has 0 saturated carbocycles. The number of methoxy groups -OCH3 is 1. The van der Waals surface area contributed by atoms with Crippen LogP contribution >= 0.6 is 0 Å². The van der Waals surface area contributed by atoms with Crippen molar-refractivity contribution in [3.8, 4) is 0 Å².